The van der Waals surface area contributed by atoms with E-state index in [4.69, 9.17) is 5.26 Å². The van der Waals surface area contributed by atoms with Crippen molar-refractivity contribution in [1.29, 1.82) is 5.26 Å². The van der Waals surface area contributed by atoms with Crippen LogP contribution in [0.2, 0.25) is 0 Å². The van der Waals surface area contributed by atoms with Crippen molar-refractivity contribution < 1.29 is 0 Å². The van der Waals surface area contributed by atoms with Crippen molar-refractivity contribution >= 4 is 5.96 Å². The predicted molar refractivity (Wildman–Crippen MR) is 38.3 cm³/mol. The lowest BCUT2D eigenvalue weighted by atomic mass is 10.1. The number of aliphatic imine (C=N–C) groups is 1. The van der Waals surface area contributed by atoms with Gasteiger partial charge in [-0.15, -0.1) is 0 Å². The van der Waals surface area contributed by atoms with Gasteiger partial charge in [-0.2, -0.15) is 5.26 Å². The summed E-state index contributed by atoms with van der Waals surface area (Å²) in [6.07, 6.45) is 1.80. The van der Waals surface area contributed by atoms with Gasteiger partial charge in [0.25, 0.3) is 0 Å². The average Bonchev–Trinajstić information content (AvgIpc) is 2.12. The lowest BCUT2D eigenvalue weighted by Crippen LogP contribution is -2.43. The van der Waals surface area contributed by atoms with Crippen LogP contribution >= 0.6 is 0 Å². The van der Waals surface area contributed by atoms with Crippen LogP contribution in [0.3, 0.4) is 0 Å². The van der Waals surface area contributed by atoms with Gasteiger partial charge >= 0.3 is 0 Å². The summed E-state index contributed by atoms with van der Waals surface area (Å²) in [5.74, 6) is 0.576. The van der Waals surface area contributed by atoms with Crippen molar-refractivity contribution in [2.24, 2.45) is 4.99 Å². The molecule has 0 aromatic heterocycles. The molecule has 1 rings (SSSR count). The molecule has 1 aliphatic heterocycles. The number of hydrogen-bond donors (Lipinski definition) is 2. The molecular formula is C6H10N4. The molecule has 0 atom stereocenters. The van der Waals surface area contributed by atoms with Crippen molar-refractivity contribution in [1.82, 2.24) is 10.6 Å². The van der Waals surface area contributed by atoms with Gasteiger partial charge in [-0.25, -0.2) is 0 Å². The van der Waals surface area contributed by atoms with Gasteiger partial charge in [0.1, 0.15) is 0 Å². The minimum atomic E-state index is -0.000810. The molecule has 1 heterocycles. The Hall–Kier alpha value is -1.24. The predicted octanol–water partition coefficient (Wildman–Crippen LogP) is -0.205. The van der Waals surface area contributed by atoms with E-state index in [2.05, 4.69) is 15.6 Å². The Kier molecular flexibility index (Phi) is 1.50. The van der Waals surface area contributed by atoms with E-state index in [1.54, 1.807) is 6.19 Å². The maximum atomic E-state index is 8.21. The van der Waals surface area contributed by atoms with Crippen LogP contribution in [0.1, 0.15) is 13.8 Å². The van der Waals surface area contributed by atoms with Gasteiger partial charge in [-0.3, -0.25) is 10.3 Å². The molecular weight excluding hydrogens is 128 g/mol. The monoisotopic (exact) mass is 138 g/mol. The maximum Gasteiger partial charge on any atom is 0.205 e. The zero-order valence-corrected chi connectivity index (χ0v) is 6.10. The summed E-state index contributed by atoms with van der Waals surface area (Å²) in [5.41, 5.74) is -0.000810. The van der Waals surface area contributed by atoms with E-state index < -0.39 is 0 Å². The Morgan fingerprint density at radius 1 is 1.80 bits per heavy atom. The fourth-order valence-electron chi connectivity index (χ4n) is 0.800. The lowest BCUT2D eigenvalue weighted by Gasteiger charge is -2.16. The molecule has 0 unspecified atom stereocenters. The summed E-state index contributed by atoms with van der Waals surface area (Å²) in [7, 11) is 0. The SMILES string of the molecule is CC1(C)CN=C(NC#N)N1. The summed E-state index contributed by atoms with van der Waals surface area (Å²) in [6.45, 7) is 4.78. The molecule has 0 aromatic carbocycles. The van der Waals surface area contributed by atoms with Crippen LogP contribution in [-0.2, 0) is 0 Å². The van der Waals surface area contributed by atoms with Crippen LogP contribution in [0.25, 0.3) is 0 Å². The zero-order valence-electron chi connectivity index (χ0n) is 6.10. The first-order chi connectivity index (χ1) is 4.64. The molecule has 0 amide bonds. The van der Waals surface area contributed by atoms with Crippen LogP contribution in [0.5, 0.6) is 0 Å². The van der Waals surface area contributed by atoms with E-state index in [1.165, 1.54) is 0 Å². The first kappa shape index (κ1) is 6.87. The maximum absolute atomic E-state index is 8.21. The van der Waals surface area contributed by atoms with Crippen LogP contribution in [-0.4, -0.2) is 18.0 Å². The highest BCUT2D eigenvalue weighted by Gasteiger charge is 2.24. The third-order valence-electron chi connectivity index (χ3n) is 1.26. The molecule has 54 valence electrons. The Morgan fingerprint density at radius 3 is 2.90 bits per heavy atom. The van der Waals surface area contributed by atoms with Crippen molar-refractivity contribution in [2.75, 3.05) is 6.54 Å². The lowest BCUT2D eigenvalue weighted by molar-refractivity contribution is 0.504. The molecule has 0 fully saturated rings. The highest BCUT2D eigenvalue weighted by atomic mass is 15.2. The standard InChI is InChI=1S/C6H10N4/c1-6(2)3-8-5(10-6)9-4-7/h3H2,1-2H3,(H2,8,9,10). The summed E-state index contributed by atoms with van der Waals surface area (Å²) >= 11 is 0. The number of guanidine groups is 1. The van der Waals surface area contributed by atoms with Gasteiger partial charge < -0.3 is 5.32 Å². The first-order valence-corrected chi connectivity index (χ1v) is 3.12. The summed E-state index contributed by atoms with van der Waals surface area (Å²) in [5, 5.41) is 13.7. The molecule has 0 bridgehead atoms. The molecule has 1 aliphatic rings. The fraction of sp³-hybridized carbons (Fsp3) is 0.667. The second-order valence-electron chi connectivity index (χ2n) is 2.91. The molecule has 0 saturated carbocycles. The van der Waals surface area contributed by atoms with E-state index in [9.17, 15) is 0 Å². The highest BCUT2D eigenvalue weighted by molar-refractivity contribution is 5.83. The van der Waals surface area contributed by atoms with E-state index in [-0.39, 0.29) is 5.54 Å². The minimum Gasteiger partial charge on any atom is -0.349 e. The summed E-state index contributed by atoms with van der Waals surface area (Å²) in [4.78, 5) is 4.05. The third-order valence-corrected chi connectivity index (χ3v) is 1.26. The number of nitriles is 1. The Labute approximate surface area is 59.9 Å². The van der Waals surface area contributed by atoms with Crippen molar-refractivity contribution in [3.8, 4) is 6.19 Å². The number of hydrogen-bond acceptors (Lipinski definition) is 4. The topological polar surface area (TPSA) is 60.2 Å². The molecule has 0 saturated heterocycles. The molecule has 0 radical (unpaired) electrons. The fourth-order valence-corrected chi connectivity index (χ4v) is 0.800. The van der Waals surface area contributed by atoms with Crippen LogP contribution < -0.4 is 10.6 Å². The number of rotatable bonds is 0. The third kappa shape index (κ3) is 1.38. The van der Waals surface area contributed by atoms with Gasteiger partial charge in [-0.05, 0) is 13.8 Å². The van der Waals surface area contributed by atoms with E-state index in [0.717, 1.165) is 6.54 Å². The van der Waals surface area contributed by atoms with Crippen LogP contribution in [0.15, 0.2) is 4.99 Å². The van der Waals surface area contributed by atoms with Gasteiger partial charge in [0.15, 0.2) is 6.19 Å². The largest absolute Gasteiger partial charge is 0.349 e. The van der Waals surface area contributed by atoms with Gasteiger partial charge in [0.05, 0.1) is 12.1 Å². The number of nitrogens with zero attached hydrogens (tertiary/aromatic N) is 2. The summed E-state index contributed by atoms with van der Waals surface area (Å²) < 4.78 is 0. The second kappa shape index (κ2) is 2.18. The Morgan fingerprint density at radius 2 is 2.50 bits per heavy atom. The molecule has 0 aromatic rings. The average molecular weight is 138 g/mol. The molecule has 0 aliphatic carbocycles. The Balaban J connectivity index is 2.49. The molecule has 2 N–H and O–H groups in total. The molecule has 4 heteroatoms. The van der Waals surface area contributed by atoms with E-state index >= 15 is 0 Å². The first-order valence-electron chi connectivity index (χ1n) is 3.12. The van der Waals surface area contributed by atoms with Crippen molar-refractivity contribution in [3.05, 3.63) is 0 Å². The second-order valence-corrected chi connectivity index (χ2v) is 2.91. The van der Waals surface area contributed by atoms with Gasteiger partial charge in [0, 0.05) is 0 Å². The molecule has 10 heavy (non-hydrogen) atoms. The van der Waals surface area contributed by atoms with E-state index in [0.29, 0.717) is 5.96 Å². The quantitative estimate of drug-likeness (QED) is 0.360. The summed E-state index contributed by atoms with van der Waals surface area (Å²) in [6, 6.07) is 0. The van der Waals surface area contributed by atoms with Crippen molar-refractivity contribution in [3.63, 3.8) is 0 Å². The highest BCUT2D eigenvalue weighted by Crippen LogP contribution is 2.06. The van der Waals surface area contributed by atoms with Gasteiger partial charge in [-0.1, -0.05) is 0 Å². The Bertz CT molecular complexity index is 198. The van der Waals surface area contributed by atoms with Crippen molar-refractivity contribution in [2.45, 2.75) is 19.4 Å². The molecule has 4 nitrogen and oxygen atoms in total. The van der Waals surface area contributed by atoms with Gasteiger partial charge in [0.2, 0.25) is 5.96 Å². The van der Waals surface area contributed by atoms with Crippen LogP contribution in [0, 0.1) is 11.5 Å². The number of nitrogens with one attached hydrogen (secondary N) is 2. The normalized spacial score (nSPS) is 20.7. The zero-order chi connectivity index (χ0) is 7.61. The van der Waals surface area contributed by atoms with Crippen LogP contribution in [0.4, 0.5) is 0 Å². The molecule has 0 spiro atoms. The minimum absolute atomic E-state index is 0.000810. The van der Waals surface area contributed by atoms with E-state index in [1.807, 2.05) is 13.8 Å². The smallest absolute Gasteiger partial charge is 0.205 e.